The SMILES string of the molecule is CNC1=Nc2cc(-c3cnc4cc[nH]c4c3)c(OC)cc2C12CCC2. The molecule has 1 aliphatic heterocycles. The molecule has 126 valence electrons. The second-order valence-electron chi connectivity index (χ2n) is 6.85. The number of nitrogens with zero attached hydrogens (tertiary/aromatic N) is 2. The smallest absolute Gasteiger partial charge is 0.127 e. The van der Waals surface area contributed by atoms with E-state index in [2.05, 4.69) is 33.5 Å². The minimum Gasteiger partial charge on any atom is -0.496 e. The quantitative estimate of drug-likeness (QED) is 0.747. The number of amidine groups is 1. The Balaban J connectivity index is 1.70. The maximum Gasteiger partial charge on any atom is 0.127 e. The van der Waals surface area contributed by atoms with Crippen molar-refractivity contribution in [3.8, 4) is 16.9 Å². The second kappa shape index (κ2) is 5.09. The first kappa shape index (κ1) is 14.5. The molecule has 25 heavy (non-hydrogen) atoms. The van der Waals surface area contributed by atoms with Crippen molar-refractivity contribution < 1.29 is 4.74 Å². The third-order valence-electron chi connectivity index (χ3n) is 5.67. The number of pyridine rings is 1. The zero-order valence-electron chi connectivity index (χ0n) is 14.4. The molecule has 3 aromatic rings. The largest absolute Gasteiger partial charge is 0.496 e. The van der Waals surface area contributed by atoms with E-state index in [0.29, 0.717) is 0 Å². The first-order valence-corrected chi connectivity index (χ1v) is 8.68. The Bertz CT molecular complexity index is 1010. The number of fused-ring (bicyclic) bond motifs is 3. The Hall–Kier alpha value is -2.82. The van der Waals surface area contributed by atoms with Gasteiger partial charge in [-0.2, -0.15) is 0 Å². The monoisotopic (exact) mass is 332 g/mol. The summed E-state index contributed by atoms with van der Waals surface area (Å²) in [5, 5.41) is 3.31. The Kier molecular flexibility index (Phi) is 2.95. The molecule has 1 saturated carbocycles. The van der Waals surface area contributed by atoms with Crippen molar-refractivity contribution in [3.63, 3.8) is 0 Å². The molecule has 5 rings (SSSR count). The molecule has 1 aromatic carbocycles. The van der Waals surface area contributed by atoms with E-state index in [1.165, 1.54) is 12.0 Å². The number of aromatic amines is 1. The Morgan fingerprint density at radius 1 is 1.24 bits per heavy atom. The van der Waals surface area contributed by atoms with Gasteiger partial charge in [0.25, 0.3) is 0 Å². The molecule has 1 aliphatic carbocycles. The van der Waals surface area contributed by atoms with Gasteiger partial charge in [0.2, 0.25) is 0 Å². The zero-order valence-corrected chi connectivity index (χ0v) is 14.4. The Morgan fingerprint density at radius 2 is 2.12 bits per heavy atom. The zero-order chi connectivity index (χ0) is 17.0. The number of aromatic nitrogens is 2. The average Bonchev–Trinajstić information content (AvgIpc) is 3.20. The first-order valence-electron chi connectivity index (χ1n) is 8.68. The third kappa shape index (κ3) is 1.89. The summed E-state index contributed by atoms with van der Waals surface area (Å²) >= 11 is 0. The number of hydrogen-bond acceptors (Lipinski definition) is 4. The molecule has 0 saturated heterocycles. The molecular weight excluding hydrogens is 312 g/mol. The van der Waals surface area contributed by atoms with Crippen LogP contribution >= 0.6 is 0 Å². The van der Waals surface area contributed by atoms with Crippen molar-refractivity contribution in [3.05, 3.63) is 42.2 Å². The van der Waals surface area contributed by atoms with Gasteiger partial charge in [-0.1, -0.05) is 6.42 Å². The van der Waals surface area contributed by atoms with Crippen LogP contribution < -0.4 is 10.1 Å². The van der Waals surface area contributed by atoms with E-state index in [1.54, 1.807) is 7.11 Å². The van der Waals surface area contributed by atoms with E-state index in [1.807, 2.05) is 25.5 Å². The number of methoxy groups -OCH3 is 1. The van der Waals surface area contributed by atoms with Crippen LogP contribution in [0.1, 0.15) is 24.8 Å². The summed E-state index contributed by atoms with van der Waals surface area (Å²) < 4.78 is 5.74. The van der Waals surface area contributed by atoms with Crippen molar-refractivity contribution in [1.82, 2.24) is 15.3 Å². The minimum atomic E-state index is 0.0670. The van der Waals surface area contributed by atoms with Crippen LogP contribution in [-0.2, 0) is 5.41 Å². The van der Waals surface area contributed by atoms with Crippen LogP contribution in [0.2, 0.25) is 0 Å². The lowest BCUT2D eigenvalue weighted by atomic mass is 9.64. The fourth-order valence-electron chi connectivity index (χ4n) is 4.21. The van der Waals surface area contributed by atoms with Crippen LogP contribution in [-0.4, -0.2) is 30.0 Å². The maximum absolute atomic E-state index is 5.74. The van der Waals surface area contributed by atoms with Crippen molar-refractivity contribution in [1.29, 1.82) is 0 Å². The molecule has 1 spiro atoms. The fraction of sp³-hybridized carbons (Fsp3) is 0.300. The summed E-state index contributed by atoms with van der Waals surface area (Å²) in [6.07, 6.45) is 7.36. The highest BCUT2D eigenvalue weighted by Gasteiger charge is 2.48. The molecule has 2 aliphatic rings. The predicted molar refractivity (Wildman–Crippen MR) is 99.8 cm³/mol. The summed E-state index contributed by atoms with van der Waals surface area (Å²) in [6, 6.07) is 8.41. The predicted octanol–water partition coefficient (Wildman–Crippen LogP) is 3.92. The van der Waals surface area contributed by atoms with E-state index < -0.39 is 0 Å². The summed E-state index contributed by atoms with van der Waals surface area (Å²) in [5.41, 5.74) is 6.45. The Morgan fingerprint density at radius 3 is 2.84 bits per heavy atom. The van der Waals surface area contributed by atoms with Gasteiger partial charge in [-0.05, 0) is 42.7 Å². The number of rotatable bonds is 2. The van der Waals surface area contributed by atoms with Gasteiger partial charge >= 0.3 is 0 Å². The van der Waals surface area contributed by atoms with Gasteiger partial charge in [-0.3, -0.25) is 4.98 Å². The molecular formula is C20H20N4O. The maximum atomic E-state index is 5.74. The lowest BCUT2D eigenvalue weighted by Crippen LogP contribution is -2.45. The highest BCUT2D eigenvalue weighted by molar-refractivity contribution is 6.02. The fourth-order valence-corrected chi connectivity index (χ4v) is 4.21. The van der Waals surface area contributed by atoms with Crippen LogP contribution in [0.5, 0.6) is 5.75 Å². The van der Waals surface area contributed by atoms with Crippen molar-refractivity contribution in [2.45, 2.75) is 24.7 Å². The lowest BCUT2D eigenvalue weighted by molar-refractivity contribution is 0.338. The molecule has 1 fully saturated rings. The summed E-state index contributed by atoms with van der Waals surface area (Å²) in [4.78, 5) is 12.6. The average molecular weight is 332 g/mol. The normalized spacial score (nSPS) is 17.3. The molecule has 0 atom stereocenters. The first-order chi connectivity index (χ1) is 12.2. The van der Waals surface area contributed by atoms with Crippen LogP contribution in [0.15, 0.2) is 41.7 Å². The third-order valence-corrected chi connectivity index (χ3v) is 5.67. The van der Waals surface area contributed by atoms with Gasteiger partial charge in [-0.15, -0.1) is 0 Å². The van der Waals surface area contributed by atoms with Gasteiger partial charge in [0, 0.05) is 30.6 Å². The molecule has 2 N–H and O–H groups in total. The summed E-state index contributed by atoms with van der Waals surface area (Å²) in [5.74, 6) is 1.97. The molecule has 2 aromatic heterocycles. The van der Waals surface area contributed by atoms with Crippen LogP contribution in [0.25, 0.3) is 22.2 Å². The van der Waals surface area contributed by atoms with Gasteiger partial charge in [0.15, 0.2) is 0 Å². The number of nitrogens with one attached hydrogen (secondary N) is 2. The molecule has 0 radical (unpaired) electrons. The van der Waals surface area contributed by atoms with E-state index >= 15 is 0 Å². The molecule has 5 nitrogen and oxygen atoms in total. The lowest BCUT2D eigenvalue weighted by Gasteiger charge is -2.40. The standard InChI is InChI=1S/C20H20N4O/c1-21-19-20(5-3-6-20)14-10-18(25-2)13(9-16(14)24-19)12-8-17-15(23-11-12)4-7-22-17/h4,7-11,22H,3,5-6H2,1-2H3,(H,21,24). The molecule has 0 amide bonds. The number of aliphatic imine (C=N–C) groups is 1. The van der Waals surface area contributed by atoms with E-state index in [0.717, 1.165) is 52.3 Å². The molecule has 0 unspecified atom stereocenters. The second-order valence-corrected chi connectivity index (χ2v) is 6.85. The summed E-state index contributed by atoms with van der Waals surface area (Å²) in [7, 11) is 3.69. The highest BCUT2D eigenvalue weighted by Crippen LogP contribution is 2.54. The number of ether oxygens (including phenoxy) is 1. The van der Waals surface area contributed by atoms with Crippen LogP contribution in [0.3, 0.4) is 0 Å². The van der Waals surface area contributed by atoms with Gasteiger partial charge in [0.05, 0.1) is 29.2 Å². The Labute approximate surface area is 146 Å². The topological polar surface area (TPSA) is 62.3 Å². The van der Waals surface area contributed by atoms with E-state index in [4.69, 9.17) is 9.73 Å². The number of hydrogen-bond donors (Lipinski definition) is 2. The molecule has 0 bridgehead atoms. The van der Waals surface area contributed by atoms with Crippen LogP contribution in [0.4, 0.5) is 5.69 Å². The minimum absolute atomic E-state index is 0.0670. The molecule has 3 heterocycles. The van der Waals surface area contributed by atoms with Gasteiger partial charge < -0.3 is 15.0 Å². The van der Waals surface area contributed by atoms with Crippen molar-refractivity contribution in [2.75, 3.05) is 14.2 Å². The van der Waals surface area contributed by atoms with Crippen molar-refractivity contribution >= 4 is 22.6 Å². The number of benzene rings is 1. The van der Waals surface area contributed by atoms with E-state index in [-0.39, 0.29) is 5.41 Å². The summed E-state index contributed by atoms with van der Waals surface area (Å²) in [6.45, 7) is 0. The molecule has 5 heteroatoms. The highest BCUT2D eigenvalue weighted by atomic mass is 16.5. The number of likely N-dealkylation sites (N-methyl/N-ethyl adjacent to an activating group) is 1. The van der Waals surface area contributed by atoms with Crippen molar-refractivity contribution in [2.24, 2.45) is 4.99 Å². The number of H-pyrrole nitrogens is 1. The van der Waals surface area contributed by atoms with E-state index in [9.17, 15) is 0 Å². The van der Waals surface area contributed by atoms with Crippen LogP contribution in [0, 0.1) is 0 Å². The van der Waals surface area contributed by atoms with Gasteiger partial charge in [-0.25, -0.2) is 4.99 Å². The van der Waals surface area contributed by atoms with Gasteiger partial charge in [0.1, 0.15) is 11.6 Å².